The molecule has 0 saturated heterocycles. The third-order valence-corrected chi connectivity index (χ3v) is 5.77. The van der Waals surface area contributed by atoms with E-state index in [4.69, 9.17) is 4.42 Å². The van der Waals surface area contributed by atoms with Crippen molar-refractivity contribution in [3.8, 4) is 11.1 Å². The fourth-order valence-electron chi connectivity index (χ4n) is 3.32. The molecule has 2 aromatic carbocycles. The van der Waals surface area contributed by atoms with E-state index in [-0.39, 0.29) is 33.9 Å². The molecule has 4 aromatic rings. The van der Waals surface area contributed by atoms with Crippen LogP contribution < -0.4 is 0 Å². The summed E-state index contributed by atoms with van der Waals surface area (Å²) in [5.74, 6) is -1.88. The second-order valence-electron chi connectivity index (χ2n) is 6.87. The first kappa shape index (κ1) is 20.8. The zero-order valence-electron chi connectivity index (χ0n) is 16.0. The smallest absolute Gasteiger partial charge is 0.416 e. The van der Waals surface area contributed by atoms with E-state index < -0.39 is 23.5 Å². The number of hydrogen-bond donors (Lipinski definition) is 1. The number of benzene rings is 2. The van der Waals surface area contributed by atoms with Crippen molar-refractivity contribution < 1.29 is 32.3 Å². The molecular formula is C22H14F3NO4S. The van der Waals surface area contributed by atoms with E-state index in [1.54, 1.807) is 24.3 Å². The summed E-state index contributed by atoms with van der Waals surface area (Å²) in [4.78, 5) is 29.0. The van der Waals surface area contributed by atoms with Gasteiger partial charge in [-0.05, 0) is 47.7 Å². The molecule has 0 spiro atoms. The number of aromatic nitrogens is 1. The van der Waals surface area contributed by atoms with Crippen LogP contribution >= 0.6 is 11.3 Å². The summed E-state index contributed by atoms with van der Waals surface area (Å²) in [6.07, 6.45) is -4.75. The molecule has 0 bridgehead atoms. The maximum absolute atomic E-state index is 13.0. The SMILES string of the molecule is Cc1cc(C(F)(F)F)ccc1-c1csc(CC(=O)c2nc3ccccc3o2)c1C(=O)O. The number of carbonyl (C=O) groups is 2. The van der Waals surface area contributed by atoms with Crippen LogP contribution in [0, 0.1) is 6.92 Å². The van der Waals surface area contributed by atoms with Gasteiger partial charge in [-0.2, -0.15) is 13.2 Å². The highest BCUT2D eigenvalue weighted by Crippen LogP contribution is 2.37. The average molecular weight is 445 g/mol. The lowest BCUT2D eigenvalue weighted by atomic mass is 9.96. The molecule has 4 rings (SSSR count). The van der Waals surface area contributed by atoms with Crippen molar-refractivity contribution in [1.29, 1.82) is 0 Å². The van der Waals surface area contributed by atoms with Gasteiger partial charge in [-0.15, -0.1) is 11.3 Å². The largest absolute Gasteiger partial charge is 0.478 e. The Balaban J connectivity index is 1.69. The molecule has 2 aromatic heterocycles. The minimum atomic E-state index is -4.50. The Hall–Kier alpha value is -3.46. The number of ketones is 1. The van der Waals surface area contributed by atoms with E-state index in [1.165, 1.54) is 18.4 Å². The fraction of sp³-hybridized carbons (Fsp3) is 0.136. The number of rotatable bonds is 5. The molecule has 0 fully saturated rings. The first-order valence-electron chi connectivity index (χ1n) is 9.06. The number of nitrogens with zero attached hydrogens (tertiary/aromatic N) is 1. The van der Waals surface area contributed by atoms with Crippen molar-refractivity contribution in [2.24, 2.45) is 0 Å². The summed E-state index contributed by atoms with van der Waals surface area (Å²) >= 11 is 1.05. The molecule has 0 aliphatic rings. The van der Waals surface area contributed by atoms with Crippen molar-refractivity contribution >= 4 is 34.2 Å². The number of aromatic carboxylic acids is 1. The summed E-state index contributed by atoms with van der Waals surface area (Å²) in [5, 5.41) is 11.3. The van der Waals surface area contributed by atoms with Crippen LogP contribution in [0.25, 0.3) is 22.2 Å². The molecule has 0 amide bonds. The second kappa shape index (κ2) is 7.66. The molecular weight excluding hydrogens is 431 g/mol. The van der Waals surface area contributed by atoms with Gasteiger partial charge in [0.25, 0.3) is 5.89 Å². The third kappa shape index (κ3) is 3.96. The van der Waals surface area contributed by atoms with Crippen LogP contribution in [0.3, 0.4) is 0 Å². The Bertz CT molecular complexity index is 1290. The zero-order chi connectivity index (χ0) is 22.3. The predicted molar refractivity (Wildman–Crippen MR) is 108 cm³/mol. The van der Waals surface area contributed by atoms with Crippen LogP contribution in [-0.4, -0.2) is 21.8 Å². The molecule has 2 heterocycles. The molecule has 31 heavy (non-hydrogen) atoms. The van der Waals surface area contributed by atoms with Crippen molar-refractivity contribution in [2.45, 2.75) is 19.5 Å². The van der Waals surface area contributed by atoms with Crippen LogP contribution in [-0.2, 0) is 12.6 Å². The minimum Gasteiger partial charge on any atom is -0.478 e. The predicted octanol–water partition coefficient (Wildman–Crippen LogP) is 6.01. The number of para-hydroxylation sites is 2. The lowest BCUT2D eigenvalue weighted by Crippen LogP contribution is -2.08. The highest BCUT2D eigenvalue weighted by Gasteiger charge is 2.31. The molecule has 0 atom stereocenters. The Kier molecular flexibility index (Phi) is 5.14. The number of oxazole rings is 1. The quantitative estimate of drug-likeness (QED) is 0.381. The summed E-state index contributed by atoms with van der Waals surface area (Å²) in [6, 6.07) is 9.98. The summed E-state index contributed by atoms with van der Waals surface area (Å²) in [7, 11) is 0. The Morgan fingerprint density at radius 2 is 1.87 bits per heavy atom. The number of hydrogen-bond acceptors (Lipinski definition) is 5. The van der Waals surface area contributed by atoms with Crippen LogP contribution in [0.1, 0.15) is 37.0 Å². The van der Waals surface area contributed by atoms with E-state index in [1.807, 2.05) is 0 Å². The minimum absolute atomic E-state index is 0.114. The first-order valence-corrected chi connectivity index (χ1v) is 9.93. The van der Waals surface area contributed by atoms with E-state index in [9.17, 15) is 27.9 Å². The number of Topliss-reactive ketones (excluding diaryl/α,β-unsaturated/α-hetero) is 1. The molecule has 0 unspecified atom stereocenters. The lowest BCUT2D eigenvalue weighted by molar-refractivity contribution is -0.137. The normalized spacial score (nSPS) is 11.7. The average Bonchev–Trinajstić information content (AvgIpc) is 3.31. The van der Waals surface area contributed by atoms with Gasteiger partial charge in [0.05, 0.1) is 17.5 Å². The van der Waals surface area contributed by atoms with Gasteiger partial charge in [-0.1, -0.05) is 18.2 Å². The molecule has 0 aliphatic heterocycles. The molecule has 0 radical (unpaired) electrons. The van der Waals surface area contributed by atoms with Crippen molar-refractivity contribution in [3.63, 3.8) is 0 Å². The van der Waals surface area contributed by atoms with Crippen LogP contribution in [0.4, 0.5) is 13.2 Å². The lowest BCUT2D eigenvalue weighted by Gasteiger charge is -2.11. The highest BCUT2D eigenvalue weighted by molar-refractivity contribution is 7.11. The van der Waals surface area contributed by atoms with Crippen LogP contribution in [0.5, 0.6) is 0 Å². The summed E-state index contributed by atoms with van der Waals surface area (Å²) in [5.41, 5.74) is 0.941. The molecule has 158 valence electrons. The molecule has 9 heteroatoms. The Morgan fingerprint density at radius 1 is 1.13 bits per heavy atom. The highest BCUT2D eigenvalue weighted by atomic mass is 32.1. The maximum Gasteiger partial charge on any atom is 0.416 e. The number of fused-ring (bicyclic) bond motifs is 1. The second-order valence-corrected chi connectivity index (χ2v) is 7.83. The van der Waals surface area contributed by atoms with Crippen molar-refractivity contribution in [2.75, 3.05) is 0 Å². The monoisotopic (exact) mass is 445 g/mol. The zero-order valence-corrected chi connectivity index (χ0v) is 16.8. The van der Waals surface area contributed by atoms with Gasteiger partial charge < -0.3 is 9.52 Å². The number of aryl methyl sites for hydroxylation is 1. The Labute approximate surface area is 177 Å². The summed E-state index contributed by atoms with van der Waals surface area (Å²) < 4.78 is 44.3. The number of carbonyl (C=O) groups excluding carboxylic acids is 1. The molecule has 5 nitrogen and oxygen atoms in total. The van der Waals surface area contributed by atoms with Gasteiger partial charge in [-0.25, -0.2) is 9.78 Å². The van der Waals surface area contributed by atoms with E-state index >= 15 is 0 Å². The summed E-state index contributed by atoms with van der Waals surface area (Å²) in [6.45, 7) is 1.48. The first-order chi connectivity index (χ1) is 14.6. The van der Waals surface area contributed by atoms with Gasteiger partial charge in [0.15, 0.2) is 5.58 Å². The number of thiophene rings is 1. The van der Waals surface area contributed by atoms with Crippen LogP contribution in [0.2, 0.25) is 0 Å². The molecule has 0 aliphatic carbocycles. The third-order valence-electron chi connectivity index (χ3n) is 4.78. The molecule has 0 saturated carbocycles. The van der Waals surface area contributed by atoms with Crippen LogP contribution in [0.15, 0.2) is 52.3 Å². The van der Waals surface area contributed by atoms with Gasteiger partial charge >= 0.3 is 12.1 Å². The molecule has 1 N–H and O–H groups in total. The van der Waals surface area contributed by atoms with E-state index in [2.05, 4.69) is 4.98 Å². The number of halogens is 3. The van der Waals surface area contributed by atoms with Crippen molar-refractivity contribution in [1.82, 2.24) is 4.98 Å². The number of carboxylic acid groups (broad SMARTS) is 1. The van der Waals surface area contributed by atoms with E-state index in [0.717, 1.165) is 23.5 Å². The number of alkyl halides is 3. The van der Waals surface area contributed by atoms with Gasteiger partial charge in [0, 0.05) is 10.4 Å². The van der Waals surface area contributed by atoms with Gasteiger partial charge in [0.2, 0.25) is 5.78 Å². The maximum atomic E-state index is 13.0. The fourth-order valence-corrected chi connectivity index (χ4v) is 4.35. The van der Waals surface area contributed by atoms with Gasteiger partial charge in [-0.3, -0.25) is 4.79 Å². The Morgan fingerprint density at radius 3 is 2.52 bits per heavy atom. The number of carboxylic acids is 1. The topological polar surface area (TPSA) is 80.4 Å². The van der Waals surface area contributed by atoms with Crippen molar-refractivity contribution in [3.05, 3.63) is 75.3 Å². The van der Waals surface area contributed by atoms with Gasteiger partial charge in [0.1, 0.15) is 5.52 Å². The standard InChI is InChI=1S/C22H14F3NO4S/c1-11-8-12(22(23,24)25)6-7-13(11)14-10-31-18(19(14)21(28)29)9-16(27)20-26-15-4-2-3-5-17(15)30-20/h2-8,10H,9H2,1H3,(H,28,29). The van der Waals surface area contributed by atoms with E-state index in [0.29, 0.717) is 16.7 Å².